The average Bonchev–Trinajstić information content (AvgIpc) is 2.05. The summed E-state index contributed by atoms with van der Waals surface area (Å²) in [6.45, 7) is 2.35. The van der Waals surface area contributed by atoms with Crippen LogP contribution in [0, 0.1) is 0 Å². The largest absolute Gasteiger partial charge is 0.483 e. The van der Waals surface area contributed by atoms with Crippen molar-refractivity contribution in [1.82, 2.24) is 5.32 Å². The van der Waals surface area contributed by atoms with E-state index >= 15 is 0 Å². The van der Waals surface area contributed by atoms with Gasteiger partial charge in [0.1, 0.15) is 6.04 Å². The smallest absolute Gasteiger partial charge is 0.245 e. The molecule has 0 saturated carbocycles. The Balaban J connectivity index is 2.67. The Hall–Kier alpha value is -1.06. The van der Waals surface area contributed by atoms with E-state index in [1.165, 1.54) is 0 Å². The van der Waals surface area contributed by atoms with E-state index < -0.39 is 0 Å². The Morgan fingerprint density at radius 3 is 3.09 bits per heavy atom. The highest BCUT2D eigenvalue weighted by Crippen LogP contribution is 2.02. The number of amides is 1. The van der Waals surface area contributed by atoms with Crippen molar-refractivity contribution in [2.45, 2.75) is 19.4 Å². The number of nitrogens with zero attached hydrogens (tertiary/aromatic N) is 1. The lowest BCUT2D eigenvalue weighted by Crippen LogP contribution is -2.42. The zero-order valence-corrected chi connectivity index (χ0v) is 6.76. The van der Waals surface area contributed by atoms with Gasteiger partial charge in [-0.05, 0) is 6.42 Å². The maximum atomic E-state index is 11.0. The van der Waals surface area contributed by atoms with E-state index in [1.54, 1.807) is 7.11 Å². The Morgan fingerprint density at radius 2 is 2.55 bits per heavy atom. The summed E-state index contributed by atoms with van der Waals surface area (Å²) in [5.74, 6) is 0.602. The Bertz CT molecular complexity index is 189. The lowest BCUT2D eigenvalue weighted by atomic mass is 10.2. The molecule has 1 atom stereocenters. The second kappa shape index (κ2) is 3.37. The summed E-state index contributed by atoms with van der Waals surface area (Å²) in [7, 11) is 1.56. The Kier molecular flexibility index (Phi) is 2.46. The number of carbonyl (C=O) groups is 1. The molecule has 0 aromatic rings. The number of ether oxygens (including phenoxy) is 1. The highest BCUT2D eigenvalue weighted by molar-refractivity contribution is 5.93. The van der Waals surface area contributed by atoms with Gasteiger partial charge < -0.3 is 10.1 Å². The van der Waals surface area contributed by atoms with Crippen LogP contribution in [0.5, 0.6) is 0 Å². The van der Waals surface area contributed by atoms with Gasteiger partial charge in [0.25, 0.3) is 0 Å². The number of methoxy groups -OCH3 is 1. The highest BCUT2D eigenvalue weighted by atomic mass is 16.5. The third-order valence-corrected chi connectivity index (χ3v) is 1.64. The minimum absolute atomic E-state index is 0.00620. The van der Waals surface area contributed by atoms with Crippen LogP contribution in [-0.4, -0.2) is 31.5 Å². The molecule has 1 amide bonds. The number of rotatable bonds is 1. The van der Waals surface area contributed by atoms with Crippen LogP contribution in [0.4, 0.5) is 0 Å². The van der Waals surface area contributed by atoms with Crippen LogP contribution in [0.1, 0.15) is 13.3 Å². The standard InChI is InChI=1S/C7H12N2O2/c1-3-5-7(10)8-4-6(9-5)11-2/h5H,3-4H2,1-2H3,(H,8,10)/t5-/m1/s1. The van der Waals surface area contributed by atoms with E-state index in [1.807, 2.05) is 6.92 Å². The topological polar surface area (TPSA) is 50.7 Å². The van der Waals surface area contributed by atoms with Crippen molar-refractivity contribution in [3.8, 4) is 0 Å². The molecular weight excluding hydrogens is 144 g/mol. The lowest BCUT2D eigenvalue weighted by molar-refractivity contribution is -0.122. The SMILES string of the molecule is CC[C@H]1N=C(OC)CNC1=O. The number of nitrogens with one attached hydrogen (secondary N) is 1. The maximum absolute atomic E-state index is 11.0. The minimum atomic E-state index is -0.251. The van der Waals surface area contributed by atoms with Crippen molar-refractivity contribution < 1.29 is 9.53 Å². The summed E-state index contributed by atoms with van der Waals surface area (Å²) >= 11 is 0. The molecule has 4 heteroatoms. The first kappa shape index (κ1) is 8.04. The number of hydrogen-bond acceptors (Lipinski definition) is 3. The molecular formula is C7H12N2O2. The van der Waals surface area contributed by atoms with Gasteiger partial charge >= 0.3 is 0 Å². The third-order valence-electron chi connectivity index (χ3n) is 1.64. The van der Waals surface area contributed by atoms with Crippen LogP contribution in [-0.2, 0) is 9.53 Å². The van der Waals surface area contributed by atoms with Crippen molar-refractivity contribution >= 4 is 11.8 Å². The van der Waals surface area contributed by atoms with Crippen LogP contribution in [0.15, 0.2) is 4.99 Å². The summed E-state index contributed by atoms with van der Waals surface area (Å²) in [5.41, 5.74) is 0. The quantitative estimate of drug-likeness (QED) is 0.578. The van der Waals surface area contributed by atoms with E-state index in [9.17, 15) is 4.79 Å². The molecule has 1 N–H and O–H groups in total. The van der Waals surface area contributed by atoms with Crippen molar-refractivity contribution in [3.63, 3.8) is 0 Å². The molecule has 1 heterocycles. The zero-order valence-electron chi connectivity index (χ0n) is 6.76. The van der Waals surface area contributed by atoms with Gasteiger partial charge in [-0.15, -0.1) is 0 Å². The van der Waals surface area contributed by atoms with Gasteiger partial charge in [-0.3, -0.25) is 4.79 Å². The monoisotopic (exact) mass is 156 g/mol. The minimum Gasteiger partial charge on any atom is -0.483 e. The summed E-state index contributed by atoms with van der Waals surface area (Å²) in [6.07, 6.45) is 0.721. The summed E-state index contributed by atoms with van der Waals surface area (Å²) in [5, 5.41) is 2.69. The zero-order chi connectivity index (χ0) is 8.27. The summed E-state index contributed by atoms with van der Waals surface area (Å²) in [6, 6.07) is -0.251. The summed E-state index contributed by atoms with van der Waals surface area (Å²) < 4.78 is 4.91. The van der Waals surface area contributed by atoms with E-state index in [-0.39, 0.29) is 11.9 Å². The fourth-order valence-corrected chi connectivity index (χ4v) is 0.960. The number of carbonyl (C=O) groups excluding carboxylic acids is 1. The molecule has 1 aliphatic heterocycles. The highest BCUT2D eigenvalue weighted by Gasteiger charge is 2.21. The number of hydrogen-bond donors (Lipinski definition) is 1. The first-order valence-corrected chi connectivity index (χ1v) is 3.66. The van der Waals surface area contributed by atoms with Gasteiger partial charge in [0.2, 0.25) is 11.8 Å². The van der Waals surface area contributed by atoms with Crippen LogP contribution in [0.2, 0.25) is 0 Å². The summed E-state index contributed by atoms with van der Waals surface area (Å²) in [4.78, 5) is 15.1. The van der Waals surface area contributed by atoms with Crippen LogP contribution in [0.25, 0.3) is 0 Å². The van der Waals surface area contributed by atoms with Crippen molar-refractivity contribution in [3.05, 3.63) is 0 Å². The van der Waals surface area contributed by atoms with Gasteiger partial charge in [0.15, 0.2) is 0 Å². The van der Waals surface area contributed by atoms with Crippen LogP contribution < -0.4 is 5.32 Å². The molecule has 0 aromatic carbocycles. The van der Waals surface area contributed by atoms with Gasteiger partial charge in [-0.2, -0.15) is 0 Å². The van der Waals surface area contributed by atoms with Crippen LogP contribution in [0.3, 0.4) is 0 Å². The normalized spacial score (nSPS) is 24.0. The molecule has 1 aliphatic rings. The van der Waals surface area contributed by atoms with E-state index in [4.69, 9.17) is 4.74 Å². The van der Waals surface area contributed by atoms with Crippen molar-refractivity contribution in [1.29, 1.82) is 0 Å². The third kappa shape index (κ3) is 1.69. The molecule has 0 spiro atoms. The van der Waals surface area contributed by atoms with Gasteiger partial charge in [-0.25, -0.2) is 4.99 Å². The molecule has 0 unspecified atom stereocenters. The fraction of sp³-hybridized carbons (Fsp3) is 0.714. The first-order chi connectivity index (χ1) is 5.27. The van der Waals surface area contributed by atoms with Gasteiger partial charge in [-0.1, -0.05) is 6.92 Å². The first-order valence-electron chi connectivity index (χ1n) is 3.66. The molecule has 0 fully saturated rings. The molecule has 62 valence electrons. The van der Waals surface area contributed by atoms with E-state index in [2.05, 4.69) is 10.3 Å². The molecule has 0 bridgehead atoms. The van der Waals surface area contributed by atoms with Gasteiger partial charge in [0, 0.05) is 0 Å². The predicted octanol–water partition coefficient (Wildman–Crippen LogP) is -0.0603. The van der Waals surface area contributed by atoms with Crippen molar-refractivity contribution in [2.24, 2.45) is 4.99 Å². The molecule has 0 radical (unpaired) electrons. The fourth-order valence-electron chi connectivity index (χ4n) is 0.960. The van der Waals surface area contributed by atoms with Gasteiger partial charge in [0.05, 0.1) is 13.7 Å². The molecule has 0 saturated heterocycles. The molecule has 1 rings (SSSR count). The average molecular weight is 156 g/mol. The molecule has 0 aromatic heterocycles. The second-order valence-corrected chi connectivity index (χ2v) is 2.37. The molecule has 0 aliphatic carbocycles. The molecule has 4 nitrogen and oxygen atoms in total. The maximum Gasteiger partial charge on any atom is 0.245 e. The van der Waals surface area contributed by atoms with E-state index in [0.29, 0.717) is 12.4 Å². The van der Waals surface area contributed by atoms with Crippen LogP contribution >= 0.6 is 0 Å². The number of aliphatic imine (C=N–C) groups is 1. The second-order valence-electron chi connectivity index (χ2n) is 2.37. The van der Waals surface area contributed by atoms with E-state index in [0.717, 1.165) is 6.42 Å². The molecule has 11 heavy (non-hydrogen) atoms. The Morgan fingerprint density at radius 1 is 1.82 bits per heavy atom. The van der Waals surface area contributed by atoms with Crippen molar-refractivity contribution in [2.75, 3.05) is 13.7 Å². The lowest BCUT2D eigenvalue weighted by Gasteiger charge is -2.18. The Labute approximate surface area is 65.6 Å². The predicted molar refractivity (Wildman–Crippen MR) is 41.5 cm³/mol.